The third-order valence-corrected chi connectivity index (χ3v) is 9.27. The molecule has 2 bridgehead atoms. The molecule has 0 aliphatic heterocycles. The van der Waals surface area contributed by atoms with E-state index in [1.54, 1.807) is 68.4 Å². The summed E-state index contributed by atoms with van der Waals surface area (Å²) < 4.78 is 24.6. The van der Waals surface area contributed by atoms with E-state index in [0.29, 0.717) is 27.9 Å². The molecule has 0 saturated heterocycles. The fourth-order valence-corrected chi connectivity index (χ4v) is 7.15. The fourth-order valence-electron chi connectivity index (χ4n) is 7.15. The van der Waals surface area contributed by atoms with Gasteiger partial charge in [-0.25, -0.2) is 9.59 Å². The molecule has 2 N–H and O–H groups in total. The van der Waals surface area contributed by atoms with E-state index in [1.165, 1.54) is 0 Å². The number of benzene rings is 3. The molecule has 3 aromatic carbocycles. The van der Waals surface area contributed by atoms with Gasteiger partial charge in [0.05, 0.1) is 19.1 Å². The normalized spacial score (nSPS) is 23.0. The number of hydrogen-bond donors (Lipinski definition) is 2. The highest BCUT2D eigenvalue weighted by Crippen LogP contribution is 2.66. The third-order valence-electron chi connectivity index (χ3n) is 9.27. The molecule has 0 heterocycles. The van der Waals surface area contributed by atoms with Crippen LogP contribution in [0.4, 0.5) is 5.69 Å². The van der Waals surface area contributed by atoms with Gasteiger partial charge in [-0.1, -0.05) is 94.6 Å². The number of carbonyl (C=O) groups is 4. The van der Waals surface area contributed by atoms with Gasteiger partial charge in [0.25, 0.3) is 0 Å². The Balaban J connectivity index is 1.82. The third kappa shape index (κ3) is 6.36. The first-order chi connectivity index (χ1) is 23.7. The number of fused-ring (bicyclic) bond motifs is 1. The van der Waals surface area contributed by atoms with Crippen molar-refractivity contribution in [3.63, 3.8) is 0 Å². The van der Waals surface area contributed by atoms with Crippen LogP contribution in [0.2, 0.25) is 0 Å². The molecule has 0 aromatic heterocycles. The topological polar surface area (TPSA) is 137 Å². The second-order valence-electron chi connectivity index (χ2n) is 13.7. The van der Waals surface area contributed by atoms with Crippen LogP contribution in [0.15, 0.2) is 98.1 Å². The van der Waals surface area contributed by atoms with Gasteiger partial charge >= 0.3 is 17.9 Å². The van der Waals surface area contributed by atoms with Crippen LogP contribution in [0.25, 0.3) is 0 Å². The van der Waals surface area contributed by atoms with E-state index in [-0.39, 0.29) is 18.6 Å². The highest BCUT2D eigenvalue weighted by atomic mass is 16.6. The Hall–Kier alpha value is -5.06. The molecule has 3 aliphatic rings. The Morgan fingerprint density at radius 1 is 0.760 bits per heavy atom. The SMILES string of the molecule is C=CC(=O)OC(C)COC12c3ccccc3C(OCC(C)OC(=O)C=C)(c3ccc(C(C)(C)C)cc31)C(C(=O)Nc1ccccc1)C2C(=O)O. The summed E-state index contributed by atoms with van der Waals surface area (Å²) in [6.07, 6.45) is 0.502. The van der Waals surface area contributed by atoms with Crippen molar-refractivity contribution in [2.24, 2.45) is 11.8 Å². The zero-order valence-corrected chi connectivity index (χ0v) is 28.9. The maximum atomic E-state index is 14.8. The van der Waals surface area contributed by atoms with Crippen molar-refractivity contribution in [3.8, 4) is 0 Å². The van der Waals surface area contributed by atoms with Gasteiger partial charge in [-0.3, -0.25) is 9.59 Å². The lowest BCUT2D eigenvalue weighted by Gasteiger charge is -2.60. The van der Waals surface area contributed by atoms with Gasteiger partial charge in [-0.15, -0.1) is 0 Å². The fraction of sp³-hybridized carbons (Fsp3) is 0.350. The van der Waals surface area contributed by atoms with Gasteiger partial charge < -0.3 is 29.4 Å². The first-order valence-corrected chi connectivity index (χ1v) is 16.5. The predicted octanol–water partition coefficient (Wildman–Crippen LogP) is 6.02. The number of carboxylic acids is 1. The number of nitrogens with one attached hydrogen (secondary N) is 1. The summed E-state index contributed by atoms with van der Waals surface area (Å²) in [5, 5.41) is 14.2. The van der Waals surface area contributed by atoms with Crippen LogP contribution in [0.1, 0.15) is 62.4 Å². The van der Waals surface area contributed by atoms with Gasteiger partial charge in [0.1, 0.15) is 29.3 Å². The van der Waals surface area contributed by atoms with Gasteiger partial charge in [-0.05, 0) is 59.2 Å². The lowest BCUT2D eigenvalue weighted by Crippen LogP contribution is -2.67. The van der Waals surface area contributed by atoms with E-state index in [1.807, 2.05) is 39.0 Å². The molecule has 0 fully saturated rings. The number of esters is 2. The number of anilines is 1. The second kappa shape index (κ2) is 14.0. The summed E-state index contributed by atoms with van der Waals surface area (Å²) in [5.74, 6) is -6.17. The van der Waals surface area contributed by atoms with Crippen LogP contribution in [0, 0.1) is 11.8 Å². The molecule has 6 unspecified atom stereocenters. The number of aliphatic carboxylic acids is 1. The van der Waals surface area contributed by atoms with Crippen molar-refractivity contribution < 1.29 is 43.2 Å². The summed E-state index contributed by atoms with van der Waals surface area (Å²) in [7, 11) is 0. The largest absolute Gasteiger partial charge is 0.481 e. The Bertz CT molecular complexity index is 1810. The molecule has 0 radical (unpaired) electrons. The number of ether oxygens (including phenoxy) is 4. The van der Waals surface area contributed by atoms with Gasteiger partial charge in [-0.2, -0.15) is 0 Å². The van der Waals surface area contributed by atoms with E-state index in [2.05, 4.69) is 18.5 Å². The minimum absolute atomic E-state index is 0.182. The molecule has 10 heteroatoms. The minimum atomic E-state index is -1.74. The van der Waals surface area contributed by atoms with Crippen LogP contribution in [0.3, 0.4) is 0 Å². The number of carboxylic acid groups (broad SMARTS) is 1. The molecule has 10 nitrogen and oxygen atoms in total. The van der Waals surface area contributed by atoms with E-state index in [4.69, 9.17) is 18.9 Å². The number of rotatable bonds is 13. The Kier molecular flexibility index (Phi) is 10.2. The van der Waals surface area contributed by atoms with Crippen molar-refractivity contribution in [3.05, 3.63) is 126 Å². The molecule has 50 heavy (non-hydrogen) atoms. The Morgan fingerprint density at radius 3 is 1.72 bits per heavy atom. The van der Waals surface area contributed by atoms with Gasteiger partial charge in [0.2, 0.25) is 5.91 Å². The summed E-state index contributed by atoms with van der Waals surface area (Å²) in [5.41, 5.74) is -0.345. The molecular formula is C40H43NO9. The quantitative estimate of drug-likeness (QED) is 0.164. The average Bonchev–Trinajstić information content (AvgIpc) is 3.09. The molecule has 262 valence electrons. The summed E-state index contributed by atoms with van der Waals surface area (Å²) in [6, 6.07) is 21.6. The molecule has 0 spiro atoms. The molecular weight excluding hydrogens is 638 g/mol. The highest BCUT2D eigenvalue weighted by molar-refractivity contribution is 5.99. The number of para-hydroxylation sites is 1. The minimum Gasteiger partial charge on any atom is -0.481 e. The van der Waals surface area contributed by atoms with Crippen molar-refractivity contribution in [2.75, 3.05) is 18.5 Å². The van der Waals surface area contributed by atoms with E-state index in [9.17, 15) is 24.3 Å². The van der Waals surface area contributed by atoms with Crippen molar-refractivity contribution >= 4 is 29.5 Å². The van der Waals surface area contributed by atoms with Crippen molar-refractivity contribution in [1.29, 1.82) is 0 Å². The van der Waals surface area contributed by atoms with Crippen LogP contribution < -0.4 is 5.32 Å². The van der Waals surface area contributed by atoms with Gasteiger partial charge in [0, 0.05) is 17.8 Å². The van der Waals surface area contributed by atoms with Crippen LogP contribution >= 0.6 is 0 Å². The van der Waals surface area contributed by atoms with Gasteiger partial charge in [0.15, 0.2) is 0 Å². The molecule has 6 rings (SSSR count). The number of hydrogen-bond acceptors (Lipinski definition) is 8. The monoisotopic (exact) mass is 681 g/mol. The molecule has 3 aliphatic carbocycles. The first-order valence-electron chi connectivity index (χ1n) is 16.5. The van der Waals surface area contributed by atoms with Crippen LogP contribution in [-0.2, 0) is 54.7 Å². The Morgan fingerprint density at radius 2 is 1.24 bits per heavy atom. The van der Waals surface area contributed by atoms with Crippen LogP contribution in [0.5, 0.6) is 0 Å². The molecule has 1 amide bonds. The highest BCUT2D eigenvalue weighted by Gasteiger charge is 2.71. The lowest BCUT2D eigenvalue weighted by molar-refractivity contribution is -0.205. The van der Waals surface area contributed by atoms with E-state index in [0.717, 1.165) is 17.7 Å². The smallest absolute Gasteiger partial charge is 0.330 e. The standard InChI is InChI=1S/C40H43NO9/c1-8-32(42)49-24(3)22-47-39-28-17-13-14-18-29(28)40(48-23-25(4)50-33(43)9-2,31-21-26(38(5,6)7)19-20-30(31)39)35(37(45)46)34(39)36(44)41-27-15-11-10-12-16-27/h8-21,24-25,34-35H,1-2,22-23H2,3-7H3,(H,41,44)(H,45,46). The van der Waals surface area contributed by atoms with E-state index < -0.39 is 59.1 Å². The van der Waals surface area contributed by atoms with Crippen molar-refractivity contribution in [1.82, 2.24) is 0 Å². The van der Waals surface area contributed by atoms with Crippen molar-refractivity contribution in [2.45, 2.75) is 63.4 Å². The van der Waals surface area contributed by atoms with E-state index >= 15 is 0 Å². The maximum Gasteiger partial charge on any atom is 0.330 e. The zero-order chi connectivity index (χ0) is 36.4. The average molecular weight is 682 g/mol. The summed E-state index contributed by atoms with van der Waals surface area (Å²) >= 11 is 0. The molecule has 3 aromatic rings. The molecule has 0 saturated carbocycles. The lowest BCUT2D eigenvalue weighted by atomic mass is 9.48. The maximum absolute atomic E-state index is 14.8. The second-order valence-corrected chi connectivity index (χ2v) is 13.7. The Labute approximate surface area is 292 Å². The summed E-state index contributed by atoms with van der Waals surface area (Å²) in [4.78, 5) is 52.9. The molecule has 6 atom stereocenters. The summed E-state index contributed by atoms with van der Waals surface area (Å²) in [6.45, 7) is 16.0. The van der Waals surface area contributed by atoms with Crippen LogP contribution in [-0.4, -0.2) is 54.3 Å². The number of carbonyl (C=O) groups excluding carboxylic acids is 3. The first kappa shape index (κ1) is 36.2. The predicted molar refractivity (Wildman–Crippen MR) is 186 cm³/mol. The number of amides is 1. The zero-order valence-electron chi connectivity index (χ0n) is 28.9.